The number of likely N-dealkylation sites (tertiary alicyclic amines) is 1. The molecule has 2 saturated heterocycles. The van der Waals surface area contributed by atoms with Gasteiger partial charge in [0.2, 0.25) is 5.91 Å². The number of anilines is 3. The Bertz CT molecular complexity index is 1370. The van der Waals surface area contributed by atoms with E-state index in [1.54, 1.807) is 6.20 Å². The zero-order chi connectivity index (χ0) is 27.0. The minimum atomic E-state index is -0.677. The number of rotatable bonds is 7. The fourth-order valence-electron chi connectivity index (χ4n) is 6.03. The Kier molecular flexibility index (Phi) is 6.88. The molecule has 3 aromatic heterocycles. The van der Waals surface area contributed by atoms with Gasteiger partial charge in [0, 0.05) is 43.9 Å². The maximum absolute atomic E-state index is 13.9. The van der Waals surface area contributed by atoms with E-state index in [1.165, 1.54) is 44.5 Å². The molecule has 1 amide bonds. The average Bonchev–Trinajstić information content (AvgIpc) is 3.54. The number of aromatic nitrogens is 4. The van der Waals surface area contributed by atoms with Gasteiger partial charge < -0.3 is 20.4 Å². The van der Waals surface area contributed by atoms with Crippen LogP contribution < -0.4 is 15.5 Å². The Labute approximate surface area is 228 Å². The maximum atomic E-state index is 13.9. The Hall–Kier alpha value is -3.66. The normalized spacial score (nSPS) is 19.3. The first-order chi connectivity index (χ1) is 18.9. The van der Waals surface area contributed by atoms with Crippen LogP contribution >= 0.6 is 0 Å². The highest BCUT2D eigenvalue weighted by atomic mass is 19.1. The van der Waals surface area contributed by atoms with E-state index < -0.39 is 5.41 Å². The van der Waals surface area contributed by atoms with Gasteiger partial charge in [0.15, 0.2) is 0 Å². The lowest BCUT2D eigenvalue weighted by atomic mass is 9.86. The van der Waals surface area contributed by atoms with Gasteiger partial charge >= 0.3 is 0 Å². The van der Waals surface area contributed by atoms with E-state index in [2.05, 4.69) is 41.5 Å². The summed E-state index contributed by atoms with van der Waals surface area (Å²) >= 11 is 0. The molecule has 9 nitrogen and oxygen atoms in total. The van der Waals surface area contributed by atoms with Gasteiger partial charge in [0.1, 0.15) is 23.8 Å². The molecule has 6 heterocycles. The van der Waals surface area contributed by atoms with Gasteiger partial charge in [-0.15, -0.1) is 0 Å². The molecule has 0 radical (unpaired) electrons. The van der Waals surface area contributed by atoms with E-state index in [-0.39, 0.29) is 17.6 Å². The average molecular weight is 531 g/mol. The first-order valence-corrected chi connectivity index (χ1v) is 13.9. The van der Waals surface area contributed by atoms with E-state index >= 15 is 0 Å². The van der Waals surface area contributed by atoms with Crippen LogP contribution in [0.4, 0.5) is 21.7 Å². The number of piperidine rings is 1. The summed E-state index contributed by atoms with van der Waals surface area (Å²) in [6.45, 7) is 9.63. The van der Waals surface area contributed by atoms with Crippen LogP contribution in [0.1, 0.15) is 56.7 Å². The molecule has 3 aliphatic heterocycles. The summed E-state index contributed by atoms with van der Waals surface area (Å²) in [4.78, 5) is 35.3. The van der Waals surface area contributed by atoms with Gasteiger partial charge in [-0.1, -0.05) is 0 Å². The lowest BCUT2D eigenvalue weighted by Crippen LogP contribution is -2.36. The van der Waals surface area contributed by atoms with Crippen LogP contribution in [-0.2, 0) is 10.2 Å². The van der Waals surface area contributed by atoms with Crippen molar-refractivity contribution in [1.82, 2.24) is 24.8 Å². The molecular formula is C29H35FN8O. The molecule has 39 heavy (non-hydrogen) atoms. The number of hydrogen-bond acceptors (Lipinski definition) is 8. The van der Waals surface area contributed by atoms with Crippen molar-refractivity contribution in [3.8, 4) is 11.3 Å². The summed E-state index contributed by atoms with van der Waals surface area (Å²) in [6.07, 6.45) is 8.73. The molecule has 0 saturated carbocycles. The van der Waals surface area contributed by atoms with E-state index in [9.17, 15) is 9.18 Å². The maximum Gasteiger partial charge on any atom is 0.235 e. The minimum Gasteiger partial charge on any atom is -0.382 e. The molecule has 0 aromatic carbocycles. The Morgan fingerprint density at radius 2 is 1.90 bits per heavy atom. The number of fused-ring (bicyclic) bond motifs is 1. The smallest absolute Gasteiger partial charge is 0.235 e. The summed E-state index contributed by atoms with van der Waals surface area (Å²) in [5, 5.41) is 6.55. The number of halogens is 1. The van der Waals surface area contributed by atoms with Gasteiger partial charge in [-0.25, -0.2) is 14.4 Å². The Balaban J connectivity index is 1.23. The van der Waals surface area contributed by atoms with Crippen molar-refractivity contribution in [2.24, 2.45) is 0 Å². The second kappa shape index (κ2) is 10.5. The number of nitrogens with one attached hydrogen (secondary N) is 2. The zero-order valence-corrected chi connectivity index (χ0v) is 22.6. The number of carbonyl (C=O) groups excluding carboxylic acids is 1. The minimum absolute atomic E-state index is 0.0494. The molecule has 6 rings (SSSR count). The highest BCUT2D eigenvalue weighted by molar-refractivity contribution is 6.06. The molecule has 3 aliphatic rings. The van der Waals surface area contributed by atoms with Crippen molar-refractivity contribution in [1.29, 1.82) is 0 Å². The van der Waals surface area contributed by atoms with Crippen molar-refractivity contribution in [2.45, 2.75) is 50.9 Å². The van der Waals surface area contributed by atoms with Crippen LogP contribution in [0, 0.1) is 5.82 Å². The van der Waals surface area contributed by atoms with Crippen molar-refractivity contribution < 1.29 is 9.18 Å². The highest BCUT2D eigenvalue weighted by Gasteiger charge is 2.43. The van der Waals surface area contributed by atoms with Crippen LogP contribution in [0.25, 0.3) is 11.3 Å². The van der Waals surface area contributed by atoms with E-state index in [0.29, 0.717) is 11.4 Å². The van der Waals surface area contributed by atoms with Crippen LogP contribution in [-0.4, -0.2) is 70.0 Å². The van der Waals surface area contributed by atoms with Crippen molar-refractivity contribution in [2.75, 3.05) is 54.8 Å². The van der Waals surface area contributed by atoms with Gasteiger partial charge in [0.25, 0.3) is 0 Å². The summed E-state index contributed by atoms with van der Waals surface area (Å²) in [5.74, 6) is 1.26. The lowest BCUT2D eigenvalue weighted by molar-refractivity contribution is -0.119. The number of hydrogen-bond donors (Lipinski definition) is 2. The van der Waals surface area contributed by atoms with E-state index in [0.717, 1.165) is 67.5 Å². The van der Waals surface area contributed by atoms with E-state index in [4.69, 9.17) is 4.98 Å². The molecule has 0 unspecified atom stereocenters. The fraction of sp³-hybridized carbons (Fsp3) is 0.483. The standard InChI is InChI=1S/C29H35FN8O/c1-29(2)24-26(36-28(29)39)33-18-34-27(24)38-12-7-19(8-13-38)25-23(32-9-14-37-10-3-4-11-37)6-5-22(35-25)20-15-21(30)17-31-16-20/h5-6,15-19,32H,3-4,7-14H2,1-2H3,(H,33,34,36,39). The number of nitrogens with zero attached hydrogens (tertiary/aromatic N) is 6. The molecule has 2 fully saturated rings. The topological polar surface area (TPSA) is 99.2 Å². The number of carbonyl (C=O) groups is 1. The summed E-state index contributed by atoms with van der Waals surface area (Å²) in [6, 6.07) is 5.51. The molecule has 0 bridgehead atoms. The van der Waals surface area contributed by atoms with Crippen LogP contribution in [0.15, 0.2) is 36.9 Å². The molecule has 0 aliphatic carbocycles. The number of pyridine rings is 2. The first-order valence-electron chi connectivity index (χ1n) is 13.9. The van der Waals surface area contributed by atoms with Crippen LogP contribution in [0.5, 0.6) is 0 Å². The number of amides is 1. The second-order valence-electron chi connectivity index (χ2n) is 11.3. The monoisotopic (exact) mass is 530 g/mol. The molecule has 2 N–H and O–H groups in total. The largest absolute Gasteiger partial charge is 0.382 e. The van der Waals surface area contributed by atoms with Crippen molar-refractivity contribution in [3.05, 3.63) is 54.0 Å². The van der Waals surface area contributed by atoms with Gasteiger partial charge in [0.05, 0.1) is 34.3 Å². The quantitative estimate of drug-likeness (QED) is 0.469. The van der Waals surface area contributed by atoms with Crippen LogP contribution in [0.3, 0.4) is 0 Å². The summed E-state index contributed by atoms with van der Waals surface area (Å²) in [7, 11) is 0. The third kappa shape index (κ3) is 5.05. The van der Waals surface area contributed by atoms with Gasteiger partial charge in [-0.2, -0.15) is 0 Å². The molecule has 204 valence electrons. The Morgan fingerprint density at radius 3 is 2.67 bits per heavy atom. The second-order valence-corrected chi connectivity index (χ2v) is 11.3. The third-order valence-electron chi connectivity index (χ3n) is 8.30. The fourth-order valence-corrected chi connectivity index (χ4v) is 6.03. The molecule has 10 heteroatoms. The third-order valence-corrected chi connectivity index (χ3v) is 8.30. The van der Waals surface area contributed by atoms with Gasteiger partial charge in [-0.3, -0.25) is 14.8 Å². The van der Waals surface area contributed by atoms with Gasteiger partial charge in [-0.05, 0) is 70.8 Å². The predicted molar refractivity (Wildman–Crippen MR) is 149 cm³/mol. The van der Waals surface area contributed by atoms with Crippen molar-refractivity contribution >= 4 is 23.2 Å². The summed E-state index contributed by atoms with van der Waals surface area (Å²) < 4.78 is 13.9. The predicted octanol–water partition coefficient (Wildman–Crippen LogP) is 4.19. The molecule has 0 atom stereocenters. The zero-order valence-electron chi connectivity index (χ0n) is 22.6. The lowest BCUT2D eigenvalue weighted by Gasteiger charge is -2.35. The SMILES string of the molecule is CC1(C)C(=O)Nc2ncnc(N3CCC(c4nc(-c5cncc(F)c5)ccc4NCCN4CCCC4)CC3)c21. The van der Waals surface area contributed by atoms with Crippen molar-refractivity contribution in [3.63, 3.8) is 0 Å². The molecule has 3 aromatic rings. The van der Waals surface area contributed by atoms with E-state index in [1.807, 2.05) is 19.9 Å². The Morgan fingerprint density at radius 1 is 1.10 bits per heavy atom. The van der Waals surface area contributed by atoms with Crippen LogP contribution in [0.2, 0.25) is 0 Å². The molecular weight excluding hydrogens is 495 g/mol. The summed E-state index contributed by atoms with van der Waals surface area (Å²) in [5.41, 5.74) is 3.65. The highest BCUT2D eigenvalue weighted by Crippen LogP contribution is 2.43. The molecule has 0 spiro atoms. The first kappa shape index (κ1) is 25.6.